The first-order valence-corrected chi connectivity index (χ1v) is 13.3. The van der Waals surface area contributed by atoms with Crippen LogP contribution < -0.4 is 0 Å². The average molecular weight is 497 g/mol. The predicted octanol–water partition coefficient (Wildman–Crippen LogP) is 4.65. The molecule has 0 spiro atoms. The number of carbonyl (C=O) groups is 2. The summed E-state index contributed by atoms with van der Waals surface area (Å²) in [4.78, 5) is 29.9. The van der Waals surface area contributed by atoms with E-state index in [0.29, 0.717) is 23.9 Å². The third kappa shape index (κ3) is 4.05. The number of benzene rings is 2. The first-order chi connectivity index (χ1) is 16.4. The number of aromatic nitrogens is 1. The van der Waals surface area contributed by atoms with E-state index in [0.717, 1.165) is 17.2 Å². The molecule has 0 amide bonds. The number of rotatable bonds is 6. The van der Waals surface area contributed by atoms with Gasteiger partial charge in [-0.25, -0.2) is 4.98 Å². The average Bonchev–Trinajstić information content (AvgIpc) is 3.41. The third-order valence-corrected chi connectivity index (χ3v) is 8.75. The van der Waals surface area contributed by atoms with Crippen molar-refractivity contribution in [3.63, 3.8) is 0 Å². The molecule has 35 heavy (non-hydrogen) atoms. The topological polar surface area (TPSA) is 116 Å². The largest absolute Gasteiger partial charge is 0.434 e. The van der Waals surface area contributed by atoms with Gasteiger partial charge in [-0.15, -0.1) is 0 Å². The van der Waals surface area contributed by atoms with E-state index in [1.54, 1.807) is 26.8 Å². The minimum absolute atomic E-state index is 0.0170. The minimum Gasteiger partial charge on any atom is -0.434 e. The summed E-state index contributed by atoms with van der Waals surface area (Å²) in [5, 5.41) is 5.56. The number of oxime groups is 1. The van der Waals surface area contributed by atoms with Crippen LogP contribution >= 0.6 is 0 Å². The molecule has 1 heterocycles. The Hall–Kier alpha value is -3.07. The SMILES string of the molecule is CC(C)(C)C(=O)/C(=N\OS(=O)(=O)CC1(C)C2CCC1C(=O)C2)c1nc2ccc3ccccc3c2o1. The Morgan fingerprint density at radius 2 is 1.94 bits per heavy atom. The molecule has 8 nitrogen and oxygen atoms in total. The molecule has 5 rings (SSSR count). The number of hydrogen-bond donors (Lipinski definition) is 0. The first kappa shape index (κ1) is 23.7. The molecule has 0 saturated heterocycles. The first-order valence-electron chi connectivity index (χ1n) is 11.7. The van der Waals surface area contributed by atoms with E-state index in [4.69, 9.17) is 8.70 Å². The van der Waals surface area contributed by atoms with Gasteiger partial charge in [-0.3, -0.25) is 13.9 Å². The predicted molar refractivity (Wildman–Crippen MR) is 131 cm³/mol. The van der Waals surface area contributed by atoms with E-state index in [-0.39, 0.29) is 35.0 Å². The van der Waals surface area contributed by atoms with Gasteiger partial charge in [0.25, 0.3) is 5.89 Å². The van der Waals surface area contributed by atoms with Crippen LogP contribution in [0.4, 0.5) is 0 Å². The molecule has 1 aromatic heterocycles. The third-order valence-electron chi connectivity index (χ3n) is 7.48. The molecular formula is C26H28N2O6S. The van der Waals surface area contributed by atoms with E-state index in [2.05, 4.69) is 10.1 Å². The van der Waals surface area contributed by atoms with Crippen molar-refractivity contribution in [1.29, 1.82) is 0 Å². The van der Waals surface area contributed by atoms with E-state index < -0.39 is 26.7 Å². The molecule has 3 aromatic rings. The Morgan fingerprint density at radius 3 is 2.60 bits per heavy atom. The fourth-order valence-electron chi connectivity index (χ4n) is 5.57. The van der Waals surface area contributed by atoms with Crippen molar-refractivity contribution in [2.75, 3.05) is 5.75 Å². The summed E-state index contributed by atoms with van der Waals surface area (Å²) in [5.74, 6) is -1.05. The van der Waals surface area contributed by atoms with Gasteiger partial charge >= 0.3 is 10.1 Å². The molecule has 3 unspecified atom stereocenters. The molecule has 0 radical (unpaired) electrons. The Balaban J connectivity index is 1.51. The molecular weight excluding hydrogens is 468 g/mol. The highest BCUT2D eigenvalue weighted by atomic mass is 32.2. The molecule has 2 saturated carbocycles. The zero-order valence-corrected chi connectivity index (χ0v) is 21.0. The lowest BCUT2D eigenvalue weighted by molar-refractivity contribution is -0.122. The summed E-state index contributed by atoms with van der Waals surface area (Å²) >= 11 is 0. The maximum atomic E-state index is 13.2. The van der Waals surface area contributed by atoms with Crippen LogP contribution in [0.3, 0.4) is 0 Å². The van der Waals surface area contributed by atoms with Gasteiger partial charge in [-0.1, -0.05) is 63.2 Å². The summed E-state index contributed by atoms with van der Waals surface area (Å²) in [6.07, 6.45) is 1.93. The molecule has 184 valence electrons. The van der Waals surface area contributed by atoms with Crippen molar-refractivity contribution in [1.82, 2.24) is 4.98 Å². The smallest absolute Gasteiger partial charge is 0.329 e. The fraction of sp³-hybridized carbons (Fsp3) is 0.462. The number of ketones is 2. The second-order valence-corrected chi connectivity index (χ2v) is 12.5. The Bertz CT molecular complexity index is 1500. The fourth-order valence-corrected chi connectivity index (χ4v) is 7.01. The zero-order chi connectivity index (χ0) is 25.2. The van der Waals surface area contributed by atoms with Crippen LogP contribution in [-0.2, 0) is 24.0 Å². The Morgan fingerprint density at radius 1 is 1.20 bits per heavy atom. The maximum Gasteiger partial charge on any atom is 0.329 e. The number of Topliss-reactive ketones (excluding diaryl/α,β-unsaturated/α-hetero) is 2. The van der Waals surface area contributed by atoms with Crippen LogP contribution in [0.2, 0.25) is 0 Å². The van der Waals surface area contributed by atoms with Crippen LogP contribution in [-0.4, -0.2) is 36.4 Å². The van der Waals surface area contributed by atoms with Crippen molar-refractivity contribution in [2.45, 2.75) is 47.0 Å². The summed E-state index contributed by atoms with van der Waals surface area (Å²) in [7, 11) is -4.18. The lowest BCUT2D eigenvalue weighted by atomic mass is 9.82. The van der Waals surface area contributed by atoms with Crippen molar-refractivity contribution >= 4 is 49.3 Å². The standard InChI is InChI=1S/C26H28N2O6S/c1-25(2,3)23(30)21(24-27-19-12-9-15-7-5-6-8-17(15)22(19)33-24)28-34-35(31,32)14-26(4)16-10-11-18(26)20(29)13-16/h5-9,12,16,18H,10-11,13-14H2,1-4H3/b28-21+. The van der Waals surface area contributed by atoms with Crippen LogP contribution in [0.15, 0.2) is 46.0 Å². The van der Waals surface area contributed by atoms with Gasteiger partial charge < -0.3 is 4.42 Å². The highest BCUT2D eigenvalue weighted by Gasteiger charge is 2.57. The van der Waals surface area contributed by atoms with Gasteiger partial charge in [0.15, 0.2) is 11.4 Å². The number of hydrogen-bond acceptors (Lipinski definition) is 8. The molecule has 0 N–H and O–H groups in total. The van der Waals surface area contributed by atoms with E-state index in [1.807, 2.05) is 37.3 Å². The normalized spacial score (nSPS) is 25.0. The van der Waals surface area contributed by atoms with Gasteiger partial charge in [0, 0.05) is 23.1 Å². The second kappa shape index (κ2) is 7.98. The number of carbonyl (C=O) groups excluding carboxylic acids is 2. The lowest BCUT2D eigenvalue weighted by Gasteiger charge is -2.27. The number of oxazole rings is 1. The lowest BCUT2D eigenvalue weighted by Crippen LogP contribution is -2.34. The molecule has 2 aliphatic rings. The second-order valence-electron chi connectivity index (χ2n) is 11.0. The van der Waals surface area contributed by atoms with Gasteiger partial charge in [0.2, 0.25) is 5.71 Å². The van der Waals surface area contributed by atoms with Crippen molar-refractivity contribution in [2.24, 2.45) is 27.8 Å². The monoisotopic (exact) mass is 496 g/mol. The molecule has 9 heteroatoms. The molecule has 0 aliphatic heterocycles. The molecule has 3 atom stereocenters. The van der Waals surface area contributed by atoms with Gasteiger partial charge in [-0.2, -0.15) is 8.42 Å². The quantitative estimate of drug-likeness (QED) is 0.360. The molecule has 2 fully saturated rings. The van der Waals surface area contributed by atoms with Crippen LogP contribution in [0.5, 0.6) is 0 Å². The van der Waals surface area contributed by atoms with Gasteiger partial charge in [0.05, 0.1) is 5.75 Å². The van der Waals surface area contributed by atoms with E-state index >= 15 is 0 Å². The van der Waals surface area contributed by atoms with Crippen LogP contribution in [0, 0.1) is 22.7 Å². The zero-order valence-electron chi connectivity index (χ0n) is 20.2. The van der Waals surface area contributed by atoms with Crippen LogP contribution in [0.25, 0.3) is 21.9 Å². The van der Waals surface area contributed by atoms with Crippen molar-refractivity contribution in [3.8, 4) is 0 Å². The number of nitrogens with zero attached hydrogens (tertiary/aromatic N) is 2. The highest BCUT2D eigenvalue weighted by molar-refractivity contribution is 7.86. The Labute approximate surface area is 203 Å². The minimum atomic E-state index is -4.18. The van der Waals surface area contributed by atoms with Crippen LogP contribution in [0.1, 0.15) is 52.8 Å². The highest BCUT2D eigenvalue weighted by Crippen LogP contribution is 2.56. The van der Waals surface area contributed by atoms with Gasteiger partial charge in [-0.05, 0) is 35.6 Å². The Kier molecular flexibility index (Phi) is 5.39. The summed E-state index contributed by atoms with van der Waals surface area (Å²) in [6, 6.07) is 11.3. The molecule has 2 aromatic carbocycles. The van der Waals surface area contributed by atoms with Crippen molar-refractivity contribution < 1.29 is 26.7 Å². The van der Waals surface area contributed by atoms with Gasteiger partial charge in [0.1, 0.15) is 11.3 Å². The van der Waals surface area contributed by atoms with Crippen molar-refractivity contribution in [3.05, 3.63) is 42.3 Å². The molecule has 2 aliphatic carbocycles. The molecule has 2 bridgehead atoms. The summed E-state index contributed by atoms with van der Waals surface area (Å²) in [5.41, 5.74) is -0.876. The van der Waals surface area contributed by atoms with E-state index in [1.165, 1.54) is 0 Å². The van der Waals surface area contributed by atoms with E-state index in [9.17, 15) is 18.0 Å². The summed E-state index contributed by atoms with van der Waals surface area (Å²) < 4.78 is 37.0. The number of fused-ring (bicyclic) bond motifs is 5. The maximum absolute atomic E-state index is 13.2. The summed E-state index contributed by atoms with van der Waals surface area (Å²) in [6.45, 7) is 6.92.